The van der Waals surface area contributed by atoms with Crippen molar-refractivity contribution in [3.63, 3.8) is 0 Å². The maximum absolute atomic E-state index is 13.7. The van der Waals surface area contributed by atoms with Gasteiger partial charge in [-0.25, -0.2) is 18.2 Å². The van der Waals surface area contributed by atoms with Crippen LogP contribution < -0.4 is 10.6 Å². The summed E-state index contributed by atoms with van der Waals surface area (Å²) in [6.07, 6.45) is 1.31. The number of hydrogen-bond acceptors (Lipinski definition) is 3. The summed E-state index contributed by atoms with van der Waals surface area (Å²) in [5.74, 6) is -4.29. The fourth-order valence-electron chi connectivity index (χ4n) is 2.45. The molecule has 1 amide bonds. The largest absolute Gasteiger partial charge is 0.348 e. The van der Waals surface area contributed by atoms with Crippen LogP contribution in [0.5, 0.6) is 0 Å². The Morgan fingerprint density at radius 3 is 2.48 bits per heavy atom. The zero-order valence-corrected chi connectivity index (χ0v) is 14.4. The van der Waals surface area contributed by atoms with Crippen LogP contribution in [0.2, 0.25) is 0 Å². The number of benzene rings is 2. The molecule has 0 fully saturated rings. The van der Waals surface area contributed by atoms with Crippen molar-refractivity contribution in [2.75, 3.05) is 5.32 Å². The van der Waals surface area contributed by atoms with E-state index in [4.69, 9.17) is 0 Å². The van der Waals surface area contributed by atoms with Gasteiger partial charge in [-0.05, 0) is 42.3 Å². The van der Waals surface area contributed by atoms with Crippen molar-refractivity contribution < 1.29 is 18.0 Å². The number of aryl methyl sites for hydroxylation is 1. The number of aromatic nitrogens is 1. The highest BCUT2D eigenvalue weighted by Crippen LogP contribution is 2.22. The second-order valence-electron chi connectivity index (χ2n) is 5.89. The summed E-state index contributed by atoms with van der Waals surface area (Å²) in [7, 11) is 0. The molecule has 3 aromatic rings. The smallest absolute Gasteiger partial charge is 0.253 e. The molecule has 138 valence electrons. The first-order chi connectivity index (χ1) is 13.0. The number of pyridine rings is 1. The number of nitrogens with one attached hydrogen (secondary N) is 2. The minimum atomic E-state index is -1.56. The molecule has 0 saturated carbocycles. The van der Waals surface area contributed by atoms with Gasteiger partial charge in [0.1, 0.15) is 5.82 Å². The van der Waals surface area contributed by atoms with E-state index in [1.165, 1.54) is 18.3 Å². The zero-order chi connectivity index (χ0) is 19.4. The Kier molecular flexibility index (Phi) is 5.40. The standard InChI is InChI=1S/C20H16F3N3O/c1-12-4-2-3-5-13(12)10-25-20(27)14-6-9-17(24-11-14)26-16-8-7-15(21)18(22)19(16)23/h2-9,11H,10H2,1H3,(H,24,26)(H,25,27). The highest BCUT2D eigenvalue weighted by Gasteiger charge is 2.14. The molecule has 0 unspecified atom stereocenters. The van der Waals surface area contributed by atoms with Gasteiger partial charge in [0.05, 0.1) is 11.3 Å². The van der Waals surface area contributed by atoms with Crippen LogP contribution in [0, 0.1) is 24.4 Å². The molecule has 0 aliphatic heterocycles. The van der Waals surface area contributed by atoms with E-state index in [2.05, 4.69) is 15.6 Å². The maximum atomic E-state index is 13.7. The van der Waals surface area contributed by atoms with E-state index in [-0.39, 0.29) is 17.4 Å². The van der Waals surface area contributed by atoms with Crippen molar-refractivity contribution in [3.8, 4) is 0 Å². The van der Waals surface area contributed by atoms with Crippen LogP contribution >= 0.6 is 0 Å². The number of amides is 1. The molecule has 0 spiro atoms. The Balaban J connectivity index is 1.65. The van der Waals surface area contributed by atoms with Crippen molar-refractivity contribution in [2.24, 2.45) is 0 Å². The van der Waals surface area contributed by atoms with Crippen molar-refractivity contribution in [1.29, 1.82) is 0 Å². The van der Waals surface area contributed by atoms with Crippen LogP contribution in [0.1, 0.15) is 21.5 Å². The number of hydrogen-bond donors (Lipinski definition) is 2. The lowest BCUT2D eigenvalue weighted by atomic mass is 10.1. The number of carbonyl (C=O) groups excluding carboxylic acids is 1. The lowest BCUT2D eigenvalue weighted by Crippen LogP contribution is -2.23. The monoisotopic (exact) mass is 371 g/mol. The molecular formula is C20H16F3N3O. The van der Waals surface area contributed by atoms with Crippen molar-refractivity contribution in [1.82, 2.24) is 10.3 Å². The summed E-state index contributed by atoms with van der Waals surface area (Å²) < 4.78 is 39.9. The van der Waals surface area contributed by atoms with E-state index in [0.717, 1.165) is 23.3 Å². The highest BCUT2D eigenvalue weighted by molar-refractivity contribution is 5.94. The number of halogens is 3. The van der Waals surface area contributed by atoms with Crippen molar-refractivity contribution >= 4 is 17.4 Å². The molecule has 0 aliphatic rings. The van der Waals surface area contributed by atoms with E-state index in [9.17, 15) is 18.0 Å². The van der Waals surface area contributed by atoms with E-state index in [1.807, 2.05) is 31.2 Å². The lowest BCUT2D eigenvalue weighted by Gasteiger charge is -2.10. The second-order valence-corrected chi connectivity index (χ2v) is 5.89. The number of anilines is 2. The van der Waals surface area contributed by atoms with Gasteiger partial charge in [-0.15, -0.1) is 0 Å². The van der Waals surface area contributed by atoms with Crippen LogP contribution in [-0.2, 0) is 6.54 Å². The number of rotatable bonds is 5. The summed E-state index contributed by atoms with van der Waals surface area (Å²) in [6, 6.07) is 12.5. The summed E-state index contributed by atoms with van der Waals surface area (Å²) in [4.78, 5) is 16.2. The van der Waals surface area contributed by atoms with Gasteiger partial charge in [0, 0.05) is 12.7 Å². The predicted molar refractivity (Wildman–Crippen MR) is 96.2 cm³/mol. The number of carbonyl (C=O) groups is 1. The van der Waals surface area contributed by atoms with Gasteiger partial charge >= 0.3 is 0 Å². The molecule has 1 heterocycles. The van der Waals surface area contributed by atoms with Crippen LogP contribution in [0.3, 0.4) is 0 Å². The predicted octanol–water partition coefficient (Wildman–Crippen LogP) is 4.48. The third-order valence-corrected chi connectivity index (χ3v) is 4.02. The fraction of sp³-hybridized carbons (Fsp3) is 0.100. The molecule has 2 N–H and O–H groups in total. The minimum Gasteiger partial charge on any atom is -0.348 e. The molecule has 0 atom stereocenters. The van der Waals surface area contributed by atoms with Gasteiger partial charge in [-0.3, -0.25) is 4.79 Å². The summed E-state index contributed by atoms with van der Waals surface area (Å²) in [6.45, 7) is 2.34. The first-order valence-corrected chi connectivity index (χ1v) is 8.15. The zero-order valence-electron chi connectivity index (χ0n) is 14.4. The topological polar surface area (TPSA) is 54.0 Å². The Morgan fingerprint density at radius 1 is 1.00 bits per heavy atom. The quantitative estimate of drug-likeness (QED) is 0.650. The molecule has 4 nitrogen and oxygen atoms in total. The molecule has 0 radical (unpaired) electrons. The lowest BCUT2D eigenvalue weighted by molar-refractivity contribution is 0.0950. The van der Waals surface area contributed by atoms with Gasteiger partial charge in [0.25, 0.3) is 5.91 Å². The van der Waals surface area contributed by atoms with Crippen LogP contribution in [0.25, 0.3) is 0 Å². The summed E-state index contributed by atoms with van der Waals surface area (Å²) in [5, 5.41) is 5.34. The second kappa shape index (κ2) is 7.90. The Morgan fingerprint density at radius 2 is 1.78 bits per heavy atom. The Labute approximate surface area is 154 Å². The third kappa shape index (κ3) is 4.25. The molecule has 0 aliphatic carbocycles. The average Bonchev–Trinajstić information content (AvgIpc) is 2.68. The van der Waals surface area contributed by atoms with E-state index in [1.54, 1.807) is 0 Å². The summed E-state index contributed by atoms with van der Waals surface area (Å²) >= 11 is 0. The Bertz CT molecular complexity index is 975. The molecule has 27 heavy (non-hydrogen) atoms. The van der Waals surface area contributed by atoms with Crippen LogP contribution in [0.4, 0.5) is 24.7 Å². The molecule has 0 bridgehead atoms. The molecule has 1 aromatic heterocycles. The first-order valence-electron chi connectivity index (χ1n) is 8.15. The van der Waals surface area contributed by atoms with Gasteiger partial charge in [-0.1, -0.05) is 24.3 Å². The Hall–Kier alpha value is -3.35. The molecule has 3 rings (SSSR count). The SMILES string of the molecule is Cc1ccccc1CNC(=O)c1ccc(Nc2ccc(F)c(F)c2F)nc1. The van der Waals surface area contributed by atoms with E-state index < -0.39 is 17.5 Å². The highest BCUT2D eigenvalue weighted by atomic mass is 19.2. The fourth-order valence-corrected chi connectivity index (χ4v) is 2.45. The first kappa shape index (κ1) is 18.4. The normalized spacial score (nSPS) is 10.5. The molecular weight excluding hydrogens is 355 g/mol. The van der Waals surface area contributed by atoms with Crippen molar-refractivity contribution in [2.45, 2.75) is 13.5 Å². The molecule has 2 aromatic carbocycles. The average molecular weight is 371 g/mol. The van der Waals surface area contributed by atoms with Crippen LogP contribution in [-0.4, -0.2) is 10.9 Å². The van der Waals surface area contributed by atoms with Crippen LogP contribution in [0.15, 0.2) is 54.7 Å². The maximum Gasteiger partial charge on any atom is 0.253 e. The number of nitrogens with zero attached hydrogens (tertiary/aromatic N) is 1. The summed E-state index contributed by atoms with van der Waals surface area (Å²) in [5.41, 5.74) is 2.15. The van der Waals surface area contributed by atoms with Gasteiger partial charge in [0.15, 0.2) is 17.5 Å². The van der Waals surface area contributed by atoms with Gasteiger partial charge in [-0.2, -0.15) is 0 Å². The van der Waals surface area contributed by atoms with Crippen molar-refractivity contribution in [3.05, 3.63) is 88.9 Å². The minimum absolute atomic E-state index is 0.190. The van der Waals surface area contributed by atoms with Gasteiger partial charge < -0.3 is 10.6 Å². The van der Waals surface area contributed by atoms with E-state index in [0.29, 0.717) is 12.1 Å². The van der Waals surface area contributed by atoms with E-state index >= 15 is 0 Å². The molecule has 0 saturated heterocycles. The third-order valence-electron chi connectivity index (χ3n) is 4.02. The molecule has 7 heteroatoms. The van der Waals surface area contributed by atoms with Gasteiger partial charge in [0.2, 0.25) is 0 Å².